The number of hydrogen-bond acceptors (Lipinski definition) is 3. The van der Waals surface area contributed by atoms with Crippen molar-refractivity contribution in [3.63, 3.8) is 0 Å². The number of rotatable bonds is 4. The summed E-state index contributed by atoms with van der Waals surface area (Å²) in [6.45, 7) is 2.97. The Balaban J connectivity index is 2.11. The molecule has 0 spiro atoms. The van der Waals surface area contributed by atoms with Gasteiger partial charge in [-0.3, -0.25) is 0 Å². The second kappa shape index (κ2) is 5.95. The molecule has 0 bridgehead atoms. The predicted octanol–water partition coefficient (Wildman–Crippen LogP) is 3.43. The topological polar surface area (TPSA) is 42.7 Å². The lowest BCUT2D eigenvalue weighted by Gasteiger charge is -2.19. The van der Waals surface area contributed by atoms with Crippen LogP contribution in [0.15, 0.2) is 47.1 Å². The van der Waals surface area contributed by atoms with E-state index in [0.717, 1.165) is 16.8 Å². The first-order chi connectivity index (χ1) is 10.2. The zero-order chi connectivity index (χ0) is 14.8. The molecule has 21 heavy (non-hydrogen) atoms. The van der Waals surface area contributed by atoms with E-state index in [9.17, 15) is 0 Å². The van der Waals surface area contributed by atoms with Gasteiger partial charge in [-0.2, -0.15) is 0 Å². The Morgan fingerprint density at radius 1 is 1.19 bits per heavy atom. The van der Waals surface area contributed by atoms with E-state index in [2.05, 4.69) is 80.9 Å². The minimum Gasteiger partial charge on any atom is -0.305 e. The molecule has 0 aliphatic rings. The van der Waals surface area contributed by atoms with Crippen LogP contribution in [0, 0.1) is 0 Å². The molecule has 1 N–H and O–H groups in total. The normalized spacial score (nSPS) is 12.7. The van der Waals surface area contributed by atoms with E-state index in [1.165, 1.54) is 16.3 Å². The smallest absolute Gasteiger partial charge is 0.153 e. The first-order valence-electron chi connectivity index (χ1n) is 6.98. The van der Waals surface area contributed by atoms with Gasteiger partial charge >= 0.3 is 0 Å². The fourth-order valence-electron chi connectivity index (χ4n) is 2.61. The zero-order valence-corrected chi connectivity index (χ0v) is 13.6. The van der Waals surface area contributed by atoms with Crippen molar-refractivity contribution in [1.29, 1.82) is 0 Å². The van der Waals surface area contributed by atoms with Crippen LogP contribution in [0.1, 0.15) is 24.2 Å². The summed E-state index contributed by atoms with van der Waals surface area (Å²) in [6.07, 6.45) is 0. The molecule has 1 heterocycles. The summed E-state index contributed by atoms with van der Waals surface area (Å²) in [5.74, 6) is 0. The van der Waals surface area contributed by atoms with Crippen LogP contribution in [0.2, 0.25) is 0 Å². The second-order valence-corrected chi connectivity index (χ2v) is 5.74. The number of nitrogens with one attached hydrogen (secondary N) is 1. The molecule has 0 amide bonds. The van der Waals surface area contributed by atoms with Crippen LogP contribution in [-0.4, -0.2) is 21.5 Å². The summed E-state index contributed by atoms with van der Waals surface area (Å²) in [7, 11) is 1.92. The van der Waals surface area contributed by atoms with Crippen molar-refractivity contribution in [2.75, 3.05) is 6.54 Å². The van der Waals surface area contributed by atoms with Crippen molar-refractivity contribution >= 4 is 26.7 Å². The highest BCUT2D eigenvalue weighted by molar-refractivity contribution is 9.10. The molecule has 0 aliphatic heterocycles. The largest absolute Gasteiger partial charge is 0.305 e. The number of halogens is 1. The molecule has 5 heteroatoms. The van der Waals surface area contributed by atoms with Gasteiger partial charge in [0.1, 0.15) is 0 Å². The second-order valence-electron chi connectivity index (χ2n) is 4.99. The highest BCUT2D eigenvalue weighted by Crippen LogP contribution is 2.28. The average Bonchev–Trinajstić information content (AvgIpc) is 2.84. The molecular formula is C16H17BrN4. The molecule has 3 rings (SSSR count). The van der Waals surface area contributed by atoms with Crippen LogP contribution in [0.4, 0.5) is 0 Å². The Hall–Kier alpha value is -1.72. The summed E-state index contributed by atoms with van der Waals surface area (Å²) < 4.78 is 2.59. The average molecular weight is 345 g/mol. The van der Waals surface area contributed by atoms with Crippen molar-refractivity contribution in [2.45, 2.75) is 13.0 Å². The lowest BCUT2D eigenvalue weighted by Crippen LogP contribution is -2.24. The lowest BCUT2D eigenvalue weighted by atomic mass is 10.00. The molecule has 0 radical (unpaired) electrons. The van der Waals surface area contributed by atoms with Crippen molar-refractivity contribution in [3.8, 4) is 0 Å². The van der Waals surface area contributed by atoms with Crippen LogP contribution < -0.4 is 5.32 Å². The molecule has 0 saturated heterocycles. The fraction of sp³-hybridized carbons (Fsp3) is 0.250. The molecule has 2 aromatic carbocycles. The SMILES string of the molecule is CCNC(c1ccc2ccccc2c1)c1c(Br)nnn1C. The first-order valence-corrected chi connectivity index (χ1v) is 7.77. The fourth-order valence-corrected chi connectivity index (χ4v) is 3.17. The van der Waals surface area contributed by atoms with Crippen molar-refractivity contribution in [2.24, 2.45) is 7.05 Å². The van der Waals surface area contributed by atoms with E-state index in [1.54, 1.807) is 0 Å². The van der Waals surface area contributed by atoms with Crippen LogP contribution >= 0.6 is 15.9 Å². The standard InChI is InChI=1S/C16H17BrN4/c1-3-18-14(15-16(17)19-20-21(15)2)13-9-8-11-6-4-5-7-12(11)10-13/h4-10,14,18H,3H2,1-2H3. The van der Waals surface area contributed by atoms with Gasteiger partial charge in [-0.15, -0.1) is 5.10 Å². The van der Waals surface area contributed by atoms with E-state index < -0.39 is 0 Å². The monoisotopic (exact) mass is 344 g/mol. The highest BCUT2D eigenvalue weighted by Gasteiger charge is 2.21. The number of nitrogens with zero attached hydrogens (tertiary/aromatic N) is 3. The van der Waals surface area contributed by atoms with Crippen LogP contribution in [0.5, 0.6) is 0 Å². The number of aromatic nitrogens is 3. The minimum atomic E-state index is 0.0639. The van der Waals surface area contributed by atoms with Gasteiger partial charge in [0, 0.05) is 7.05 Å². The Labute approximate surface area is 132 Å². The molecule has 0 aliphatic carbocycles. The third-order valence-electron chi connectivity index (χ3n) is 3.62. The van der Waals surface area contributed by atoms with E-state index >= 15 is 0 Å². The van der Waals surface area contributed by atoms with Gasteiger partial charge in [0.15, 0.2) is 4.60 Å². The Kier molecular flexibility index (Phi) is 4.03. The maximum absolute atomic E-state index is 4.10. The number of fused-ring (bicyclic) bond motifs is 1. The molecule has 108 valence electrons. The first kappa shape index (κ1) is 14.2. The Bertz CT molecular complexity index is 746. The van der Waals surface area contributed by atoms with E-state index in [4.69, 9.17) is 0 Å². The van der Waals surface area contributed by atoms with Crippen molar-refractivity contribution < 1.29 is 0 Å². The summed E-state index contributed by atoms with van der Waals surface area (Å²) in [5.41, 5.74) is 2.24. The predicted molar refractivity (Wildman–Crippen MR) is 88.2 cm³/mol. The number of hydrogen-bond donors (Lipinski definition) is 1. The maximum atomic E-state index is 4.10. The van der Waals surface area contributed by atoms with Gasteiger partial charge in [-0.1, -0.05) is 48.5 Å². The van der Waals surface area contributed by atoms with E-state index in [0.29, 0.717) is 0 Å². The molecule has 1 atom stereocenters. The van der Waals surface area contributed by atoms with Gasteiger partial charge < -0.3 is 5.32 Å². The minimum absolute atomic E-state index is 0.0639. The zero-order valence-electron chi connectivity index (χ0n) is 12.0. The van der Waals surface area contributed by atoms with Gasteiger partial charge in [0.25, 0.3) is 0 Å². The van der Waals surface area contributed by atoms with Crippen molar-refractivity contribution in [1.82, 2.24) is 20.3 Å². The van der Waals surface area contributed by atoms with Crippen LogP contribution in [-0.2, 0) is 7.05 Å². The van der Waals surface area contributed by atoms with Gasteiger partial charge in [-0.25, -0.2) is 4.68 Å². The Morgan fingerprint density at radius 2 is 1.95 bits per heavy atom. The van der Waals surface area contributed by atoms with Crippen LogP contribution in [0.25, 0.3) is 10.8 Å². The summed E-state index contributed by atoms with van der Waals surface area (Å²) in [5, 5.41) is 14.2. The van der Waals surface area contributed by atoms with E-state index in [1.807, 2.05) is 11.7 Å². The van der Waals surface area contributed by atoms with Gasteiger partial charge in [-0.05, 0) is 44.9 Å². The number of aryl methyl sites for hydroxylation is 1. The molecule has 3 aromatic rings. The molecule has 0 fully saturated rings. The molecule has 1 aromatic heterocycles. The molecule has 4 nitrogen and oxygen atoms in total. The molecule has 1 unspecified atom stereocenters. The highest BCUT2D eigenvalue weighted by atomic mass is 79.9. The van der Waals surface area contributed by atoms with Gasteiger partial charge in [0.05, 0.1) is 11.7 Å². The molecule has 0 saturated carbocycles. The quantitative estimate of drug-likeness (QED) is 0.788. The summed E-state index contributed by atoms with van der Waals surface area (Å²) in [4.78, 5) is 0. The Morgan fingerprint density at radius 3 is 2.62 bits per heavy atom. The third-order valence-corrected chi connectivity index (χ3v) is 4.18. The lowest BCUT2D eigenvalue weighted by molar-refractivity contribution is 0.567. The van der Waals surface area contributed by atoms with Crippen molar-refractivity contribution in [3.05, 3.63) is 58.3 Å². The summed E-state index contributed by atoms with van der Waals surface area (Å²) >= 11 is 3.50. The van der Waals surface area contributed by atoms with Crippen LogP contribution in [0.3, 0.4) is 0 Å². The summed E-state index contributed by atoms with van der Waals surface area (Å²) in [6, 6.07) is 15.0. The van der Waals surface area contributed by atoms with Gasteiger partial charge in [0.2, 0.25) is 0 Å². The molecular weight excluding hydrogens is 328 g/mol. The third kappa shape index (κ3) is 2.71. The van der Waals surface area contributed by atoms with E-state index in [-0.39, 0.29) is 6.04 Å². The number of benzene rings is 2. The maximum Gasteiger partial charge on any atom is 0.153 e.